The van der Waals surface area contributed by atoms with Gasteiger partial charge in [0.05, 0.1) is 39.0 Å². The second kappa shape index (κ2) is 12.3. The average molecular weight is 702 g/mol. The smallest absolute Gasteiger partial charge is 0.159 e. The van der Waals surface area contributed by atoms with Crippen LogP contribution in [0, 0.1) is 23.0 Å². The van der Waals surface area contributed by atoms with Crippen LogP contribution in [0.3, 0.4) is 0 Å². The summed E-state index contributed by atoms with van der Waals surface area (Å²) >= 11 is 0. The number of nitrogens with zero attached hydrogens (tertiary/aromatic N) is 7. The zero-order valence-corrected chi connectivity index (χ0v) is 28.3. The molecule has 0 unspecified atom stereocenters. The number of benzene rings is 6. The van der Waals surface area contributed by atoms with Gasteiger partial charge in [-0.1, -0.05) is 66.7 Å². The van der Waals surface area contributed by atoms with E-state index in [0.29, 0.717) is 23.0 Å². The third kappa shape index (κ3) is 4.71. The van der Waals surface area contributed by atoms with Gasteiger partial charge in [-0.15, -0.1) is 0 Å². The predicted molar refractivity (Wildman–Crippen MR) is 207 cm³/mol. The molecular weight excluding hydrogens is 677 g/mol. The minimum Gasteiger partial charge on any atom is -0.308 e. The van der Waals surface area contributed by atoms with E-state index in [1.54, 1.807) is 49.1 Å². The number of aromatic nitrogens is 6. The van der Waals surface area contributed by atoms with Crippen molar-refractivity contribution in [3.8, 4) is 51.3 Å². The maximum absolute atomic E-state index is 15.9. The first-order valence-corrected chi connectivity index (χ1v) is 17.2. The van der Waals surface area contributed by atoms with Gasteiger partial charge in [-0.25, -0.2) is 28.7 Å². The summed E-state index contributed by atoms with van der Waals surface area (Å²) in [6.45, 7) is 0. The molecule has 0 amide bonds. The van der Waals surface area contributed by atoms with E-state index in [4.69, 9.17) is 0 Å². The van der Waals surface area contributed by atoms with E-state index in [2.05, 4.69) is 26.0 Å². The molecule has 0 atom stereocenters. The number of halogens is 2. The van der Waals surface area contributed by atoms with Gasteiger partial charge in [0.25, 0.3) is 0 Å². The van der Waals surface area contributed by atoms with E-state index >= 15 is 8.78 Å². The predicted octanol–water partition coefficient (Wildman–Crippen LogP) is 10.6. The molecule has 0 spiro atoms. The van der Waals surface area contributed by atoms with Gasteiger partial charge in [0, 0.05) is 63.0 Å². The standard InChI is InChI=1S/C45H25F2N7/c46-35-10-5-11-36(47)42(35)33-18-19-39(53-37-12-3-1-8-29(37)31-16-14-27(24-40(31)53)44-49-20-6-21-50-44)34(26-48)43(33)54-38-13-4-2-9-30(38)32-17-15-28(25-41(32)54)45-51-22-7-23-52-45/h1-25H. The summed E-state index contributed by atoms with van der Waals surface area (Å²) in [7, 11) is 0. The average Bonchev–Trinajstić information content (AvgIpc) is 3.73. The highest BCUT2D eigenvalue weighted by atomic mass is 19.1. The number of hydrogen-bond donors (Lipinski definition) is 0. The van der Waals surface area contributed by atoms with Gasteiger partial charge in [0.2, 0.25) is 0 Å². The molecular formula is C45H25F2N7. The summed E-state index contributed by atoms with van der Waals surface area (Å²) < 4.78 is 35.9. The van der Waals surface area contributed by atoms with Crippen molar-refractivity contribution in [3.05, 3.63) is 169 Å². The highest BCUT2D eigenvalue weighted by Crippen LogP contribution is 2.43. The minimum atomic E-state index is -0.739. The number of fused-ring (bicyclic) bond motifs is 6. The highest BCUT2D eigenvalue weighted by molar-refractivity contribution is 6.12. The molecule has 9 heteroatoms. The van der Waals surface area contributed by atoms with Crippen LogP contribution < -0.4 is 0 Å². The number of nitriles is 1. The summed E-state index contributed by atoms with van der Waals surface area (Å²) in [6, 6.07) is 41.1. The van der Waals surface area contributed by atoms with Crippen LogP contribution in [0.4, 0.5) is 8.78 Å². The summed E-state index contributed by atoms with van der Waals surface area (Å²) in [5.74, 6) is -0.395. The van der Waals surface area contributed by atoms with Crippen molar-refractivity contribution >= 4 is 43.6 Å². The van der Waals surface area contributed by atoms with E-state index in [1.165, 1.54) is 18.2 Å². The van der Waals surface area contributed by atoms with E-state index < -0.39 is 11.6 Å². The van der Waals surface area contributed by atoms with Crippen molar-refractivity contribution in [2.24, 2.45) is 0 Å². The van der Waals surface area contributed by atoms with Gasteiger partial charge in [-0.05, 0) is 60.7 Å². The van der Waals surface area contributed by atoms with Gasteiger partial charge in [-0.2, -0.15) is 5.26 Å². The number of rotatable bonds is 5. The Balaban J connectivity index is 1.37. The minimum absolute atomic E-state index is 0.225. The van der Waals surface area contributed by atoms with E-state index in [-0.39, 0.29) is 16.7 Å². The molecule has 0 aliphatic heterocycles. The summed E-state index contributed by atoms with van der Waals surface area (Å²) in [6.07, 6.45) is 6.76. The molecule has 6 aromatic carbocycles. The zero-order chi connectivity index (χ0) is 36.3. The molecule has 10 rings (SSSR count). The first kappa shape index (κ1) is 31.2. The summed E-state index contributed by atoms with van der Waals surface area (Å²) in [4.78, 5) is 17.9. The van der Waals surface area contributed by atoms with Crippen LogP contribution in [-0.2, 0) is 0 Å². The topological polar surface area (TPSA) is 85.2 Å². The van der Waals surface area contributed by atoms with Crippen molar-refractivity contribution in [2.45, 2.75) is 0 Å². The normalized spacial score (nSPS) is 11.5. The molecule has 7 nitrogen and oxygen atoms in total. The molecule has 0 saturated heterocycles. The molecule has 4 heterocycles. The lowest BCUT2D eigenvalue weighted by Gasteiger charge is -2.20. The van der Waals surface area contributed by atoms with Crippen LogP contribution >= 0.6 is 0 Å². The van der Waals surface area contributed by atoms with Crippen molar-refractivity contribution < 1.29 is 8.78 Å². The fourth-order valence-corrected chi connectivity index (χ4v) is 7.68. The Hall–Kier alpha value is -7.57. The van der Waals surface area contributed by atoms with E-state index in [1.807, 2.05) is 94.1 Å². The quantitative estimate of drug-likeness (QED) is 0.178. The molecule has 0 aliphatic carbocycles. The van der Waals surface area contributed by atoms with Gasteiger partial charge in [0.15, 0.2) is 11.6 Å². The molecule has 10 aromatic rings. The summed E-state index contributed by atoms with van der Waals surface area (Å²) in [5, 5.41) is 15.1. The molecule has 0 radical (unpaired) electrons. The van der Waals surface area contributed by atoms with Crippen molar-refractivity contribution in [2.75, 3.05) is 0 Å². The number of para-hydroxylation sites is 2. The van der Waals surface area contributed by atoms with Gasteiger partial charge >= 0.3 is 0 Å². The van der Waals surface area contributed by atoms with Crippen molar-refractivity contribution in [1.82, 2.24) is 29.1 Å². The Morgan fingerprint density at radius 2 is 0.981 bits per heavy atom. The maximum Gasteiger partial charge on any atom is 0.159 e. The fourth-order valence-electron chi connectivity index (χ4n) is 7.68. The van der Waals surface area contributed by atoms with Crippen molar-refractivity contribution in [3.63, 3.8) is 0 Å². The lowest BCUT2D eigenvalue weighted by atomic mass is 9.97. The second-order valence-electron chi connectivity index (χ2n) is 12.9. The highest BCUT2D eigenvalue weighted by Gasteiger charge is 2.27. The lowest BCUT2D eigenvalue weighted by Crippen LogP contribution is -2.07. The maximum atomic E-state index is 15.9. The molecule has 254 valence electrons. The third-order valence-corrected chi connectivity index (χ3v) is 9.96. The van der Waals surface area contributed by atoms with Crippen LogP contribution in [-0.4, -0.2) is 29.1 Å². The first-order valence-electron chi connectivity index (χ1n) is 17.2. The van der Waals surface area contributed by atoms with Crippen LogP contribution in [0.1, 0.15) is 5.56 Å². The van der Waals surface area contributed by atoms with E-state index in [9.17, 15) is 5.26 Å². The Bertz CT molecular complexity index is 3120. The van der Waals surface area contributed by atoms with Crippen LogP contribution in [0.15, 0.2) is 152 Å². The van der Waals surface area contributed by atoms with Crippen LogP contribution in [0.2, 0.25) is 0 Å². The first-order chi connectivity index (χ1) is 26.6. The largest absolute Gasteiger partial charge is 0.308 e. The molecule has 0 saturated carbocycles. The lowest BCUT2D eigenvalue weighted by molar-refractivity contribution is 0.589. The molecule has 54 heavy (non-hydrogen) atoms. The van der Waals surface area contributed by atoms with Crippen LogP contribution in [0.5, 0.6) is 0 Å². The Labute approximate surface area is 306 Å². The Morgan fingerprint density at radius 1 is 0.481 bits per heavy atom. The Morgan fingerprint density at radius 3 is 1.54 bits per heavy atom. The molecule has 0 fully saturated rings. The van der Waals surface area contributed by atoms with Gasteiger partial charge < -0.3 is 9.13 Å². The SMILES string of the molecule is N#Cc1c(-n2c3ccccc3c3ccc(-c4ncccn4)cc32)ccc(-c2c(F)cccc2F)c1-n1c2ccccc2c2ccc(-c3ncccn3)cc21. The van der Waals surface area contributed by atoms with Gasteiger partial charge in [0.1, 0.15) is 23.3 Å². The molecule has 0 bridgehead atoms. The number of hydrogen-bond acceptors (Lipinski definition) is 5. The van der Waals surface area contributed by atoms with E-state index in [0.717, 1.165) is 54.7 Å². The molecule has 0 N–H and O–H groups in total. The Kier molecular flexibility index (Phi) is 7.10. The molecule has 0 aliphatic rings. The monoisotopic (exact) mass is 701 g/mol. The zero-order valence-electron chi connectivity index (χ0n) is 28.3. The second-order valence-corrected chi connectivity index (χ2v) is 12.9. The van der Waals surface area contributed by atoms with Crippen LogP contribution in [0.25, 0.3) is 88.9 Å². The van der Waals surface area contributed by atoms with Crippen molar-refractivity contribution in [1.29, 1.82) is 5.26 Å². The molecule has 4 aromatic heterocycles. The summed E-state index contributed by atoms with van der Waals surface area (Å²) in [5.41, 5.74) is 5.81. The van der Waals surface area contributed by atoms with Gasteiger partial charge in [-0.3, -0.25) is 0 Å². The fraction of sp³-hybridized carbons (Fsp3) is 0. The third-order valence-electron chi connectivity index (χ3n) is 9.96.